The number of carbonyl (C=O) groups is 2. The number of thioether (sulfide) groups is 1. The Morgan fingerprint density at radius 2 is 1.53 bits per heavy atom. The molecule has 2 amide bonds. The molecule has 0 bridgehead atoms. The summed E-state index contributed by atoms with van der Waals surface area (Å²) in [6.07, 6.45) is 1.75. The second-order valence-corrected chi connectivity index (χ2v) is 9.90. The van der Waals surface area contributed by atoms with Gasteiger partial charge in [-0.3, -0.25) is 14.5 Å². The quantitative estimate of drug-likeness (QED) is 0.324. The molecule has 0 unspecified atom stereocenters. The van der Waals surface area contributed by atoms with Crippen LogP contribution in [0.3, 0.4) is 0 Å². The molecule has 1 aliphatic rings. The third kappa shape index (κ3) is 4.45. The Morgan fingerprint density at radius 3 is 2.19 bits per heavy atom. The molecule has 2 aromatic carbocycles. The van der Waals surface area contributed by atoms with E-state index < -0.39 is 0 Å². The summed E-state index contributed by atoms with van der Waals surface area (Å²) < 4.78 is 2.02. The first kappa shape index (κ1) is 23.3. The summed E-state index contributed by atoms with van der Waals surface area (Å²) in [5.74, 6) is -0.342. The number of hydrogen-bond donors (Lipinski definition) is 0. The molecule has 9 heteroatoms. The monoisotopic (exact) mass is 524 g/mol. The lowest BCUT2D eigenvalue weighted by molar-refractivity contribution is -0.123. The van der Waals surface area contributed by atoms with Gasteiger partial charge < -0.3 is 4.57 Å². The third-order valence-electron chi connectivity index (χ3n) is 5.12. The fraction of sp³-hybridized carbons (Fsp3) is 0.130. The lowest BCUT2D eigenvalue weighted by atomic mass is 10.2. The molecule has 1 aliphatic heterocycles. The van der Waals surface area contributed by atoms with Crippen molar-refractivity contribution in [2.45, 2.75) is 20.4 Å². The molecule has 0 radical (unpaired) electrons. The predicted octanol–water partition coefficient (Wildman–Crippen LogP) is 7.94. The van der Waals surface area contributed by atoms with Crippen LogP contribution in [0.15, 0.2) is 47.4 Å². The van der Waals surface area contributed by atoms with Gasteiger partial charge in [0, 0.05) is 17.1 Å². The van der Waals surface area contributed by atoms with Crippen LogP contribution in [0.25, 0.3) is 11.8 Å². The fourth-order valence-electron chi connectivity index (χ4n) is 3.55. The molecular formula is C23H16Cl4N2O2S. The summed E-state index contributed by atoms with van der Waals surface area (Å²) in [5.41, 5.74) is 4.30. The second-order valence-electron chi connectivity index (χ2n) is 7.28. The van der Waals surface area contributed by atoms with Crippen molar-refractivity contribution in [1.82, 2.24) is 9.47 Å². The molecule has 0 saturated carbocycles. The standard InChI is InChI=1S/C23H16Cl4N2O2S/c1-12-7-15(13(2)29(12)16-4-6-18(25)20(27)10-16)9-21-22(30)28(23(31)32-21)11-14-3-5-17(24)19(26)8-14/h3-10H,11H2,1-2H3. The van der Waals surface area contributed by atoms with Crippen molar-refractivity contribution in [1.29, 1.82) is 0 Å². The minimum atomic E-state index is -0.342. The molecule has 1 fully saturated rings. The van der Waals surface area contributed by atoms with Crippen LogP contribution < -0.4 is 0 Å². The first-order chi connectivity index (χ1) is 15.2. The largest absolute Gasteiger partial charge is 0.318 e. The zero-order chi connectivity index (χ0) is 23.2. The van der Waals surface area contributed by atoms with Crippen LogP contribution in [0, 0.1) is 13.8 Å². The molecule has 0 spiro atoms. The Morgan fingerprint density at radius 1 is 0.875 bits per heavy atom. The highest BCUT2D eigenvalue weighted by atomic mass is 35.5. The molecular weight excluding hydrogens is 510 g/mol. The summed E-state index contributed by atoms with van der Waals surface area (Å²) in [6, 6.07) is 12.4. The van der Waals surface area contributed by atoms with Gasteiger partial charge >= 0.3 is 0 Å². The molecule has 2 heterocycles. The number of aromatic nitrogens is 1. The van der Waals surface area contributed by atoms with Gasteiger partial charge in [-0.1, -0.05) is 52.5 Å². The molecule has 1 aromatic heterocycles. The number of carbonyl (C=O) groups excluding carboxylic acids is 2. The predicted molar refractivity (Wildman–Crippen MR) is 133 cm³/mol. The number of nitrogens with zero attached hydrogens (tertiary/aromatic N) is 2. The molecule has 0 aliphatic carbocycles. The van der Waals surface area contributed by atoms with Gasteiger partial charge in [-0.15, -0.1) is 0 Å². The first-order valence-corrected chi connectivity index (χ1v) is 11.8. The molecule has 1 saturated heterocycles. The van der Waals surface area contributed by atoms with Crippen LogP contribution in [-0.2, 0) is 11.3 Å². The average Bonchev–Trinajstić information content (AvgIpc) is 3.16. The van der Waals surface area contributed by atoms with Gasteiger partial charge in [0.05, 0.1) is 31.5 Å². The van der Waals surface area contributed by atoms with Gasteiger partial charge in [0.2, 0.25) is 0 Å². The van der Waals surface area contributed by atoms with Crippen molar-refractivity contribution in [2.75, 3.05) is 0 Å². The van der Waals surface area contributed by atoms with Crippen molar-refractivity contribution in [3.63, 3.8) is 0 Å². The molecule has 0 atom stereocenters. The van der Waals surface area contributed by atoms with Gasteiger partial charge in [0.15, 0.2) is 0 Å². The summed E-state index contributed by atoms with van der Waals surface area (Å²) in [5, 5.41) is 1.41. The summed E-state index contributed by atoms with van der Waals surface area (Å²) in [4.78, 5) is 27.0. The molecule has 4 nitrogen and oxygen atoms in total. The van der Waals surface area contributed by atoms with Crippen molar-refractivity contribution in [3.05, 3.63) is 90.0 Å². The van der Waals surface area contributed by atoms with Crippen LogP contribution in [0.2, 0.25) is 20.1 Å². The summed E-state index contributed by atoms with van der Waals surface area (Å²) >= 11 is 25.2. The van der Waals surface area contributed by atoms with E-state index in [0.717, 1.165) is 40.0 Å². The van der Waals surface area contributed by atoms with Crippen LogP contribution in [0.5, 0.6) is 0 Å². The van der Waals surface area contributed by atoms with E-state index in [1.165, 1.54) is 4.90 Å². The maximum absolute atomic E-state index is 12.9. The average molecular weight is 526 g/mol. The van der Waals surface area contributed by atoms with E-state index in [9.17, 15) is 9.59 Å². The molecule has 3 aromatic rings. The van der Waals surface area contributed by atoms with Gasteiger partial charge in [-0.2, -0.15) is 0 Å². The van der Waals surface area contributed by atoms with E-state index in [1.54, 1.807) is 36.4 Å². The zero-order valence-corrected chi connectivity index (χ0v) is 20.8. The number of halogens is 4. The maximum atomic E-state index is 12.9. The van der Waals surface area contributed by atoms with Crippen molar-refractivity contribution in [3.8, 4) is 5.69 Å². The number of hydrogen-bond acceptors (Lipinski definition) is 3. The van der Waals surface area contributed by atoms with Crippen molar-refractivity contribution >= 4 is 75.4 Å². The lowest BCUT2D eigenvalue weighted by Gasteiger charge is -2.13. The number of benzene rings is 2. The van der Waals surface area contributed by atoms with E-state index in [0.29, 0.717) is 25.0 Å². The van der Waals surface area contributed by atoms with E-state index in [2.05, 4.69) is 0 Å². The van der Waals surface area contributed by atoms with E-state index >= 15 is 0 Å². The van der Waals surface area contributed by atoms with E-state index in [1.807, 2.05) is 30.5 Å². The number of amides is 2. The highest BCUT2D eigenvalue weighted by Crippen LogP contribution is 2.35. The highest BCUT2D eigenvalue weighted by Gasteiger charge is 2.35. The highest BCUT2D eigenvalue weighted by molar-refractivity contribution is 8.18. The topological polar surface area (TPSA) is 42.3 Å². The minimum Gasteiger partial charge on any atom is -0.318 e. The Bertz CT molecular complexity index is 1300. The van der Waals surface area contributed by atoms with Gasteiger partial charge in [-0.25, -0.2) is 0 Å². The third-order valence-corrected chi connectivity index (χ3v) is 7.50. The second kappa shape index (κ2) is 9.16. The number of aryl methyl sites for hydroxylation is 1. The Kier molecular flexibility index (Phi) is 6.66. The summed E-state index contributed by atoms with van der Waals surface area (Å²) in [6.45, 7) is 4.03. The molecule has 164 valence electrons. The SMILES string of the molecule is Cc1cc(C=C2SC(=O)N(Cc3ccc(Cl)c(Cl)c3)C2=O)c(C)n1-c1ccc(Cl)c(Cl)c1. The molecule has 0 N–H and O–H groups in total. The Balaban J connectivity index is 1.63. The van der Waals surface area contributed by atoms with Crippen LogP contribution in [0.4, 0.5) is 4.79 Å². The Hall–Kier alpha value is -1.89. The van der Waals surface area contributed by atoms with E-state index in [4.69, 9.17) is 46.4 Å². The minimum absolute atomic E-state index is 0.126. The van der Waals surface area contributed by atoms with E-state index in [-0.39, 0.29) is 17.7 Å². The Labute approximate surface area is 209 Å². The normalized spacial score (nSPS) is 15.3. The number of imide groups is 1. The maximum Gasteiger partial charge on any atom is 0.293 e. The molecule has 32 heavy (non-hydrogen) atoms. The number of rotatable bonds is 4. The van der Waals surface area contributed by atoms with Crippen molar-refractivity contribution in [2.24, 2.45) is 0 Å². The summed E-state index contributed by atoms with van der Waals surface area (Å²) in [7, 11) is 0. The fourth-order valence-corrected chi connectivity index (χ4v) is 5.00. The molecule has 4 rings (SSSR count). The van der Waals surface area contributed by atoms with Gasteiger partial charge in [0.25, 0.3) is 11.1 Å². The van der Waals surface area contributed by atoms with Crippen LogP contribution in [0.1, 0.15) is 22.5 Å². The lowest BCUT2D eigenvalue weighted by Crippen LogP contribution is -2.27. The van der Waals surface area contributed by atoms with Crippen LogP contribution in [-0.4, -0.2) is 20.6 Å². The van der Waals surface area contributed by atoms with Gasteiger partial charge in [-0.05, 0) is 79.2 Å². The first-order valence-electron chi connectivity index (χ1n) is 9.49. The van der Waals surface area contributed by atoms with Crippen LogP contribution >= 0.6 is 58.2 Å². The van der Waals surface area contributed by atoms with Crippen molar-refractivity contribution < 1.29 is 9.59 Å². The smallest absolute Gasteiger partial charge is 0.293 e. The van der Waals surface area contributed by atoms with Gasteiger partial charge in [0.1, 0.15) is 0 Å². The zero-order valence-electron chi connectivity index (χ0n) is 17.0.